The van der Waals surface area contributed by atoms with Gasteiger partial charge in [0.25, 0.3) is 10.0 Å². The maximum absolute atomic E-state index is 13.8. The average molecular weight is 558 g/mol. The predicted molar refractivity (Wildman–Crippen MR) is 134 cm³/mol. The van der Waals surface area contributed by atoms with Gasteiger partial charge in [-0.05, 0) is 56.6 Å². The number of amides is 1. The van der Waals surface area contributed by atoms with Gasteiger partial charge in [-0.3, -0.25) is 9.69 Å². The lowest BCUT2D eigenvalue weighted by Crippen LogP contribution is -2.53. The van der Waals surface area contributed by atoms with Crippen LogP contribution in [-0.2, 0) is 14.8 Å². The second kappa shape index (κ2) is 9.86. The molecule has 0 N–H and O–H groups in total. The summed E-state index contributed by atoms with van der Waals surface area (Å²) in [6.07, 6.45) is 2.08. The average Bonchev–Trinajstić information content (AvgIpc) is 3.44. The molecule has 11 heteroatoms. The number of carbonyl (C=O) groups is 1. The number of sulfonamides is 1. The van der Waals surface area contributed by atoms with Crippen molar-refractivity contribution in [3.8, 4) is 0 Å². The SMILES string of the molecule is CN(C)CCN(C(=O)C1CCCCN1S(=O)(=O)c1cccs1)c1nc2ccc(Br)cc2s1. The third kappa shape index (κ3) is 4.92. The summed E-state index contributed by atoms with van der Waals surface area (Å²) < 4.78 is 30.2. The zero-order valence-electron chi connectivity index (χ0n) is 17.9. The van der Waals surface area contributed by atoms with E-state index in [-0.39, 0.29) is 10.1 Å². The Kier molecular flexibility index (Phi) is 7.33. The van der Waals surface area contributed by atoms with Gasteiger partial charge in [-0.25, -0.2) is 13.4 Å². The fourth-order valence-corrected chi connectivity index (χ4v) is 8.07. The van der Waals surface area contributed by atoms with Gasteiger partial charge in [0.15, 0.2) is 5.13 Å². The molecule has 1 aromatic carbocycles. The number of likely N-dealkylation sites (N-methyl/N-ethyl adjacent to an activating group) is 1. The van der Waals surface area contributed by atoms with Crippen LogP contribution in [0, 0.1) is 0 Å². The zero-order chi connectivity index (χ0) is 22.9. The first-order valence-corrected chi connectivity index (χ1v) is 14.3. The monoisotopic (exact) mass is 556 g/mol. The number of thiophene rings is 1. The molecule has 3 heterocycles. The highest BCUT2D eigenvalue weighted by atomic mass is 79.9. The van der Waals surface area contributed by atoms with Gasteiger partial charge in [-0.15, -0.1) is 11.3 Å². The molecule has 1 aliphatic rings. The molecule has 0 radical (unpaired) electrons. The number of thiazole rings is 1. The van der Waals surface area contributed by atoms with Crippen molar-refractivity contribution in [3.05, 3.63) is 40.2 Å². The Hall–Kier alpha value is -1.37. The highest BCUT2D eigenvalue weighted by Gasteiger charge is 2.40. The van der Waals surface area contributed by atoms with Crippen LogP contribution >= 0.6 is 38.6 Å². The van der Waals surface area contributed by atoms with Crippen molar-refractivity contribution in [2.24, 2.45) is 0 Å². The van der Waals surface area contributed by atoms with E-state index in [1.54, 1.807) is 22.4 Å². The van der Waals surface area contributed by atoms with Crippen molar-refractivity contribution in [1.29, 1.82) is 0 Å². The van der Waals surface area contributed by atoms with Gasteiger partial charge < -0.3 is 4.90 Å². The minimum atomic E-state index is -3.72. The third-order valence-electron chi connectivity index (χ3n) is 5.40. The number of anilines is 1. The van der Waals surface area contributed by atoms with Crippen molar-refractivity contribution < 1.29 is 13.2 Å². The number of nitrogens with zero attached hydrogens (tertiary/aromatic N) is 4. The van der Waals surface area contributed by atoms with Gasteiger partial charge in [0, 0.05) is 24.1 Å². The van der Waals surface area contributed by atoms with Gasteiger partial charge in [-0.1, -0.05) is 39.8 Å². The topological polar surface area (TPSA) is 73.8 Å². The number of hydrogen-bond donors (Lipinski definition) is 0. The summed E-state index contributed by atoms with van der Waals surface area (Å²) in [6, 6.07) is 8.43. The van der Waals surface area contributed by atoms with Gasteiger partial charge in [0.2, 0.25) is 5.91 Å². The maximum Gasteiger partial charge on any atom is 0.253 e. The second-order valence-electron chi connectivity index (χ2n) is 7.96. The molecule has 0 saturated carbocycles. The fraction of sp³-hybridized carbons (Fsp3) is 0.429. The predicted octanol–water partition coefficient (Wildman–Crippen LogP) is 4.26. The molecule has 0 aliphatic carbocycles. The summed E-state index contributed by atoms with van der Waals surface area (Å²) in [5.41, 5.74) is 0.822. The van der Waals surface area contributed by atoms with E-state index in [1.807, 2.05) is 37.2 Å². The molecule has 1 atom stereocenters. The molecular weight excluding hydrogens is 532 g/mol. The first-order chi connectivity index (χ1) is 15.3. The molecule has 1 amide bonds. The first kappa shape index (κ1) is 23.8. The van der Waals surface area contributed by atoms with Gasteiger partial charge in [-0.2, -0.15) is 4.31 Å². The number of aromatic nitrogens is 1. The normalized spacial score (nSPS) is 17.8. The molecule has 1 saturated heterocycles. The van der Waals surface area contributed by atoms with Gasteiger partial charge in [0.1, 0.15) is 10.3 Å². The number of fused-ring (bicyclic) bond motifs is 1. The Balaban J connectivity index is 1.69. The van der Waals surface area contributed by atoms with E-state index in [1.165, 1.54) is 27.0 Å². The van der Waals surface area contributed by atoms with E-state index in [0.717, 1.165) is 27.5 Å². The number of piperidine rings is 1. The van der Waals surface area contributed by atoms with Crippen LogP contribution in [0.3, 0.4) is 0 Å². The highest BCUT2D eigenvalue weighted by Crippen LogP contribution is 2.34. The van der Waals surface area contributed by atoms with Crippen LogP contribution in [0.15, 0.2) is 44.4 Å². The number of rotatable bonds is 7. The summed E-state index contributed by atoms with van der Waals surface area (Å²) in [5.74, 6) is -0.204. The number of halogens is 1. The number of hydrogen-bond acceptors (Lipinski definition) is 7. The first-order valence-electron chi connectivity index (χ1n) is 10.3. The number of carbonyl (C=O) groups excluding carboxylic acids is 1. The van der Waals surface area contributed by atoms with Crippen LogP contribution in [0.25, 0.3) is 10.2 Å². The van der Waals surface area contributed by atoms with Crippen LogP contribution in [-0.4, -0.2) is 68.3 Å². The minimum Gasteiger partial charge on any atom is -0.308 e. The van der Waals surface area contributed by atoms with E-state index in [0.29, 0.717) is 31.2 Å². The quantitative estimate of drug-likeness (QED) is 0.434. The Bertz CT molecular complexity index is 1190. The van der Waals surface area contributed by atoms with E-state index in [4.69, 9.17) is 4.98 Å². The Morgan fingerprint density at radius 3 is 2.78 bits per heavy atom. The van der Waals surface area contributed by atoms with Gasteiger partial charge >= 0.3 is 0 Å². The maximum atomic E-state index is 13.8. The second-order valence-corrected chi connectivity index (χ2v) is 13.0. The smallest absolute Gasteiger partial charge is 0.253 e. The summed E-state index contributed by atoms with van der Waals surface area (Å²) in [7, 11) is 0.182. The molecule has 32 heavy (non-hydrogen) atoms. The zero-order valence-corrected chi connectivity index (χ0v) is 21.9. The summed E-state index contributed by atoms with van der Waals surface area (Å²) in [5, 5.41) is 2.35. The lowest BCUT2D eigenvalue weighted by Gasteiger charge is -2.36. The summed E-state index contributed by atoms with van der Waals surface area (Å²) in [4.78, 5) is 22.2. The molecule has 172 valence electrons. The van der Waals surface area contributed by atoms with Crippen molar-refractivity contribution >= 4 is 69.9 Å². The number of benzene rings is 1. The van der Waals surface area contributed by atoms with Crippen LogP contribution in [0.5, 0.6) is 0 Å². The molecule has 1 unspecified atom stereocenters. The molecular formula is C21H25BrN4O3S3. The Labute approximate surface area is 204 Å². The summed E-state index contributed by atoms with van der Waals surface area (Å²) >= 11 is 6.12. The van der Waals surface area contributed by atoms with E-state index in [9.17, 15) is 13.2 Å². The minimum absolute atomic E-state index is 0.204. The molecule has 0 bridgehead atoms. The summed E-state index contributed by atoms with van der Waals surface area (Å²) in [6.45, 7) is 1.44. The van der Waals surface area contributed by atoms with E-state index < -0.39 is 16.1 Å². The Morgan fingerprint density at radius 2 is 2.06 bits per heavy atom. The van der Waals surface area contributed by atoms with E-state index in [2.05, 4.69) is 15.9 Å². The van der Waals surface area contributed by atoms with Crippen molar-refractivity contribution in [2.45, 2.75) is 29.5 Å². The van der Waals surface area contributed by atoms with Crippen LogP contribution < -0.4 is 4.90 Å². The van der Waals surface area contributed by atoms with E-state index >= 15 is 0 Å². The molecule has 7 nitrogen and oxygen atoms in total. The highest BCUT2D eigenvalue weighted by molar-refractivity contribution is 9.10. The Morgan fingerprint density at radius 1 is 1.25 bits per heavy atom. The largest absolute Gasteiger partial charge is 0.308 e. The van der Waals surface area contributed by atoms with Crippen LogP contribution in [0.1, 0.15) is 19.3 Å². The van der Waals surface area contributed by atoms with Gasteiger partial charge in [0.05, 0.1) is 10.2 Å². The standard InChI is InChI=1S/C21H25BrN4O3S3/c1-24(2)11-12-25(21-23-16-9-8-15(22)14-18(16)31-21)20(27)17-6-3-4-10-26(17)32(28,29)19-7-5-13-30-19/h5,7-9,13-14,17H,3-4,6,10-12H2,1-2H3. The molecule has 2 aromatic heterocycles. The van der Waals surface area contributed by atoms with Crippen LogP contribution in [0.4, 0.5) is 5.13 Å². The van der Waals surface area contributed by atoms with Crippen molar-refractivity contribution in [2.75, 3.05) is 38.6 Å². The van der Waals surface area contributed by atoms with Crippen LogP contribution in [0.2, 0.25) is 0 Å². The molecule has 1 aliphatic heterocycles. The molecule has 1 fully saturated rings. The van der Waals surface area contributed by atoms with Crippen molar-refractivity contribution in [1.82, 2.24) is 14.2 Å². The third-order valence-corrected chi connectivity index (χ3v) is 10.2. The van der Waals surface area contributed by atoms with Crippen molar-refractivity contribution in [3.63, 3.8) is 0 Å². The molecule has 4 rings (SSSR count). The lowest BCUT2D eigenvalue weighted by atomic mass is 10.0. The molecule has 3 aromatic rings. The lowest BCUT2D eigenvalue weighted by molar-refractivity contribution is -0.123. The fourth-order valence-electron chi connectivity index (χ4n) is 3.75. The molecule has 0 spiro atoms.